The number of rotatable bonds is 6. The van der Waals surface area contributed by atoms with Gasteiger partial charge in [-0.25, -0.2) is 4.98 Å². The Bertz CT molecular complexity index is 595. The maximum atomic E-state index is 12.3. The van der Waals surface area contributed by atoms with E-state index in [2.05, 4.69) is 29.2 Å². The third-order valence-corrected chi connectivity index (χ3v) is 4.38. The van der Waals surface area contributed by atoms with E-state index < -0.39 is 0 Å². The largest absolute Gasteiger partial charge is 0.375 e. The van der Waals surface area contributed by atoms with Crippen LogP contribution in [0.1, 0.15) is 33.8 Å². The van der Waals surface area contributed by atoms with Crippen LogP contribution in [0.4, 0.5) is 5.13 Å². The topological polar surface area (TPSA) is 59.2 Å². The smallest absolute Gasteiger partial charge is 0.265 e. The van der Waals surface area contributed by atoms with Crippen molar-refractivity contribution in [1.82, 2.24) is 9.88 Å². The molecule has 0 fully saturated rings. The fourth-order valence-corrected chi connectivity index (χ4v) is 3.04. The molecule has 2 N–H and O–H groups in total. The van der Waals surface area contributed by atoms with E-state index in [4.69, 9.17) is 5.73 Å². The lowest BCUT2D eigenvalue weighted by atomic mass is 10.1. The molecule has 0 saturated carbocycles. The van der Waals surface area contributed by atoms with Gasteiger partial charge in [-0.05, 0) is 31.7 Å². The van der Waals surface area contributed by atoms with E-state index in [9.17, 15) is 4.79 Å². The molecule has 5 heteroatoms. The molecule has 1 heterocycles. The van der Waals surface area contributed by atoms with Gasteiger partial charge in [-0.15, -0.1) is 0 Å². The van der Waals surface area contributed by atoms with Gasteiger partial charge in [0, 0.05) is 13.6 Å². The Morgan fingerprint density at radius 1 is 1.29 bits per heavy atom. The molecule has 0 aliphatic heterocycles. The van der Waals surface area contributed by atoms with Crippen molar-refractivity contribution in [1.29, 1.82) is 0 Å². The molecule has 1 amide bonds. The SMILES string of the molecule is Cc1nc(N)sc1C(=O)N(C)CCCCc1ccccc1. The normalized spacial score (nSPS) is 10.6. The lowest BCUT2D eigenvalue weighted by Gasteiger charge is -2.16. The van der Waals surface area contributed by atoms with Crippen molar-refractivity contribution >= 4 is 22.4 Å². The number of aromatic nitrogens is 1. The fourth-order valence-electron chi connectivity index (χ4n) is 2.21. The summed E-state index contributed by atoms with van der Waals surface area (Å²) in [6, 6.07) is 10.4. The van der Waals surface area contributed by atoms with Crippen LogP contribution in [0.2, 0.25) is 0 Å². The number of nitrogens with two attached hydrogens (primary N) is 1. The first-order valence-corrected chi connectivity index (χ1v) is 7.92. The second kappa shape index (κ2) is 7.22. The van der Waals surface area contributed by atoms with E-state index >= 15 is 0 Å². The van der Waals surface area contributed by atoms with Gasteiger partial charge in [0.05, 0.1) is 5.69 Å². The Morgan fingerprint density at radius 2 is 2.00 bits per heavy atom. The molecular formula is C16H21N3OS. The number of nitrogen functional groups attached to an aromatic ring is 1. The van der Waals surface area contributed by atoms with Crippen LogP contribution < -0.4 is 5.73 Å². The predicted molar refractivity (Wildman–Crippen MR) is 87.6 cm³/mol. The van der Waals surface area contributed by atoms with Gasteiger partial charge in [-0.3, -0.25) is 4.79 Å². The summed E-state index contributed by atoms with van der Waals surface area (Å²) < 4.78 is 0. The maximum absolute atomic E-state index is 12.3. The van der Waals surface area contributed by atoms with Gasteiger partial charge in [-0.2, -0.15) is 0 Å². The molecule has 0 saturated heterocycles. The monoisotopic (exact) mass is 303 g/mol. The summed E-state index contributed by atoms with van der Waals surface area (Å²) in [5, 5.41) is 0.452. The molecule has 1 aromatic heterocycles. The summed E-state index contributed by atoms with van der Waals surface area (Å²) in [5.41, 5.74) is 7.71. The van der Waals surface area contributed by atoms with Crippen LogP contribution in [-0.2, 0) is 6.42 Å². The van der Waals surface area contributed by atoms with Crippen molar-refractivity contribution < 1.29 is 4.79 Å². The predicted octanol–water partition coefficient (Wildman–Crippen LogP) is 3.13. The summed E-state index contributed by atoms with van der Waals surface area (Å²) in [6.45, 7) is 2.58. The number of carbonyl (C=O) groups excluding carboxylic acids is 1. The molecule has 2 aromatic rings. The van der Waals surface area contributed by atoms with Gasteiger partial charge in [0.15, 0.2) is 5.13 Å². The minimum Gasteiger partial charge on any atom is -0.375 e. The summed E-state index contributed by atoms with van der Waals surface area (Å²) in [5.74, 6) is 0.0152. The summed E-state index contributed by atoms with van der Waals surface area (Å²) in [4.78, 5) is 18.8. The number of carbonyl (C=O) groups is 1. The van der Waals surface area contributed by atoms with E-state index in [0.29, 0.717) is 10.0 Å². The van der Waals surface area contributed by atoms with E-state index in [1.165, 1.54) is 16.9 Å². The highest BCUT2D eigenvalue weighted by atomic mass is 32.1. The van der Waals surface area contributed by atoms with E-state index in [1.54, 1.807) is 4.90 Å². The molecule has 0 spiro atoms. The Balaban J connectivity index is 1.78. The highest BCUT2D eigenvalue weighted by Gasteiger charge is 2.17. The first-order valence-electron chi connectivity index (χ1n) is 7.10. The molecule has 0 atom stereocenters. The Kier molecular flexibility index (Phi) is 5.33. The van der Waals surface area contributed by atoms with Crippen molar-refractivity contribution in [3.63, 3.8) is 0 Å². The zero-order valence-corrected chi connectivity index (χ0v) is 13.3. The average molecular weight is 303 g/mol. The number of amides is 1. The molecule has 0 aliphatic carbocycles. The zero-order chi connectivity index (χ0) is 15.2. The molecule has 0 bridgehead atoms. The van der Waals surface area contributed by atoms with E-state index in [-0.39, 0.29) is 5.91 Å². The number of hydrogen-bond acceptors (Lipinski definition) is 4. The van der Waals surface area contributed by atoms with Crippen LogP contribution in [0.3, 0.4) is 0 Å². The van der Waals surface area contributed by atoms with Gasteiger partial charge >= 0.3 is 0 Å². The van der Waals surface area contributed by atoms with Gasteiger partial charge in [0.1, 0.15) is 4.88 Å². The Morgan fingerprint density at radius 3 is 2.62 bits per heavy atom. The van der Waals surface area contributed by atoms with Gasteiger partial charge < -0.3 is 10.6 Å². The Hall–Kier alpha value is -1.88. The zero-order valence-electron chi connectivity index (χ0n) is 12.5. The molecule has 1 aromatic carbocycles. The number of aryl methyl sites for hydroxylation is 2. The second-order valence-electron chi connectivity index (χ2n) is 5.14. The summed E-state index contributed by atoms with van der Waals surface area (Å²) in [7, 11) is 1.83. The van der Waals surface area contributed by atoms with E-state index in [1.807, 2.05) is 20.0 Å². The van der Waals surface area contributed by atoms with Crippen molar-refractivity contribution in [2.45, 2.75) is 26.2 Å². The lowest BCUT2D eigenvalue weighted by molar-refractivity contribution is 0.0796. The van der Waals surface area contributed by atoms with Crippen LogP contribution in [0.25, 0.3) is 0 Å². The standard InChI is InChI=1S/C16H21N3OS/c1-12-14(21-16(17)18-12)15(20)19(2)11-7-6-10-13-8-4-3-5-9-13/h3-5,8-9H,6-7,10-11H2,1-2H3,(H2,17,18). The molecular weight excluding hydrogens is 282 g/mol. The molecule has 0 aliphatic rings. The van der Waals surface area contributed by atoms with Crippen molar-refractivity contribution in [3.05, 3.63) is 46.5 Å². The van der Waals surface area contributed by atoms with Crippen molar-refractivity contribution in [2.24, 2.45) is 0 Å². The number of hydrogen-bond donors (Lipinski definition) is 1. The lowest BCUT2D eigenvalue weighted by Crippen LogP contribution is -2.27. The van der Waals surface area contributed by atoms with Crippen LogP contribution in [0.15, 0.2) is 30.3 Å². The van der Waals surface area contributed by atoms with Gasteiger partial charge in [0.25, 0.3) is 5.91 Å². The number of thiazole rings is 1. The number of anilines is 1. The third-order valence-electron chi connectivity index (χ3n) is 3.41. The van der Waals surface area contributed by atoms with Crippen LogP contribution >= 0.6 is 11.3 Å². The van der Waals surface area contributed by atoms with Gasteiger partial charge in [0.2, 0.25) is 0 Å². The van der Waals surface area contributed by atoms with Crippen LogP contribution in [0, 0.1) is 6.92 Å². The molecule has 21 heavy (non-hydrogen) atoms. The average Bonchev–Trinajstić information content (AvgIpc) is 2.82. The maximum Gasteiger partial charge on any atom is 0.265 e. The minimum atomic E-state index is 0.0152. The number of nitrogens with zero attached hydrogens (tertiary/aromatic N) is 2. The second-order valence-corrected chi connectivity index (χ2v) is 6.17. The minimum absolute atomic E-state index is 0.0152. The van der Waals surface area contributed by atoms with E-state index in [0.717, 1.165) is 31.5 Å². The number of unbranched alkanes of at least 4 members (excludes halogenated alkanes) is 1. The summed E-state index contributed by atoms with van der Waals surface area (Å²) in [6.07, 6.45) is 3.12. The molecule has 0 unspecified atom stereocenters. The molecule has 0 radical (unpaired) electrons. The molecule has 4 nitrogen and oxygen atoms in total. The first kappa shape index (κ1) is 15.5. The molecule has 2 rings (SSSR count). The van der Waals surface area contributed by atoms with Crippen LogP contribution in [-0.4, -0.2) is 29.4 Å². The number of benzene rings is 1. The fraction of sp³-hybridized carbons (Fsp3) is 0.375. The summed E-state index contributed by atoms with van der Waals surface area (Å²) >= 11 is 1.26. The Labute approximate surface area is 129 Å². The highest BCUT2D eigenvalue weighted by molar-refractivity contribution is 7.17. The van der Waals surface area contributed by atoms with Crippen molar-refractivity contribution in [3.8, 4) is 0 Å². The quantitative estimate of drug-likeness (QED) is 0.834. The first-order chi connectivity index (χ1) is 10.1. The van der Waals surface area contributed by atoms with Crippen molar-refractivity contribution in [2.75, 3.05) is 19.3 Å². The highest BCUT2D eigenvalue weighted by Crippen LogP contribution is 2.21. The van der Waals surface area contributed by atoms with Gasteiger partial charge in [-0.1, -0.05) is 41.7 Å². The van der Waals surface area contributed by atoms with Crippen LogP contribution in [0.5, 0.6) is 0 Å². The third kappa shape index (κ3) is 4.29. The molecule has 112 valence electrons.